The zero-order chi connectivity index (χ0) is 27.8. The molecule has 0 bridgehead atoms. The summed E-state index contributed by atoms with van der Waals surface area (Å²) in [6.45, 7) is 3.67. The number of hydrogen-bond acceptors (Lipinski definition) is 4. The van der Waals surface area contributed by atoms with E-state index in [0.29, 0.717) is 24.0 Å². The van der Waals surface area contributed by atoms with Crippen molar-refractivity contribution < 1.29 is 35.9 Å². The smallest absolute Gasteiger partial charge is 0.380 e. The number of rotatable bonds is 5. The number of nitroso groups, excluding NO2 is 1. The molecule has 1 fully saturated rings. The molecule has 2 aromatic carbocycles. The maximum Gasteiger partial charge on any atom is 0.416 e. The number of urea groups is 1. The van der Waals surface area contributed by atoms with Gasteiger partial charge in [-0.05, 0) is 48.2 Å². The summed E-state index contributed by atoms with van der Waals surface area (Å²) in [6.07, 6.45) is -8.73. The Bertz CT molecular complexity index is 1030. The van der Waals surface area contributed by atoms with E-state index in [1.165, 1.54) is 11.1 Å². The van der Waals surface area contributed by atoms with Crippen LogP contribution in [0.25, 0.3) is 0 Å². The number of halogens is 6. The van der Waals surface area contributed by atoms with E-state index in [9.17, 15) is 36.0 Å². The van der Waals surface area contributed by atoms with Crippen molar-refractivity contribution in [2.24, 2.45) is 11.1 Å². The van der Waals surface area contributed by atoms with Crippen molar-refractivity contribution >= 4 is 6.03 Å². The lowest BCUT2D eigenvalue weighted by Crippen LogP contribution is -2.40. The van der Waals surface area contributed by atoms with Gasteiger partial charge in [-0.25, -0.2) is 4.79 Å². The number of ether oxygens (including phenoxy) is 1. The second-order valence-electron chi connectivity index (χ2n) is 8.83. The maximum atomic E-state index is 12.3. The summed E-state index contributed by atoms with van der Waals surface area (Å²) in [6, 6.07) is 9.39. The van der Waals surface area contributed by atoms with E-state index in [1.54, 1.807) is 11.9 Å². The van der Waals surface area contributed by atoms with Gasteiger partial charge in [-0.2, -0.15) is 31.2 Å². The predicted octanol–water partition coefficient (Wildman–Crippen LogP) is 6.38. The van der Waals surface area contributed by atoms with Crippen molar-refractivity contribution in [3.8, 4) is 0 Å². The van der Waals surface area contributed by atoms with Crippen molar-refractivity contribution in [2.45, 2.75) is 38.2 Å². The highest BCUT2D eigenvalue weighted by molar-refractivity contribution is 5.73. The van der Waals surface area contributed by atoms with Gasteiger partial charge < -0.3 is 15.0 Å². The van der Waals surface area contributed by atoms with Crippen LogP contribution >= 0.6 is 0 Å². The van der Waals surface area contributed by atoms with Gasteiger partial charge in [0, 0.05) is 32.5 Å². The molecule has 0 radical (unpaired) electrons. The molecule has 2 unspecified atom stereocenters. The molecule has 2 atom stereocenters. The van der Waals surface area contributed by atoms with Crippen LogP contribution in [0.5, 0.6) is 0 Å². The predicted molar refractivity (Wildman–Crippen MR) is 126 cm³/mol. The van der Waals surface area contributed by atoms with E-state index >= 15 is 0 Å². The van der Waals surface area contributed by atoms with Crippen LogP contribution in [0.3, 0.4) is 0 Å². The standard InChI is InChI=1S/C16H24N2O2.C9H5F6NO/c1-12-6-4-5-7-15(12)14-8-13(10-20-11-14)9-18(3)16(19)17-2;10-8(11,12)6-1-5(4-16-17)2-7(3-6)9(13,14)15/h4-7,13-14H,8-11H2,1-3H3,(H,17,19);1-3H,4H2. The average molecular weight is 534 g/mol. The van der Waals surface area contributed by atoms with E-state index in [0.717, 1.165) is 26.2 Å². The minimum atomic E-state index is -4.90. The van der Waals surface area contributed by atoms with Gasteiger partial charge in [0.15, 0.2) is 0 Å². The lowest BCUT2D eigenvalue weighted by molar-refractivity contribution is -0.143. The zero-order valence-corrected chi connectivity index (χ0v) is 20.6. The molecule has 204 valence electrons. The molecule has 0 aromatic heterocycles. The second kappa shape index (κ2) is 12.9. The number of amides is 2. The molecule has 1 aliphatic heterocycles. The molecule has 0 aliphatic carbocycles. The van der Waals surface area contributed by atoms with Crippen LogP contribution in [-0.4, -0.2) is 44.8 Å². The molecule has 0 saturated carbocycles. The Kier molecular flexibility index (Phi) is 10.5. The molecule has 1 heterocycles. The topological polar surface area (TPSA) is 71.0 Å². The monoisotopic (exact) mass is 533 g/mol. The molecule has 2 aromatic rings. The van der Waals surface area contributed by atoms with Crippen molar-refractivity contribution in [1.82, 2.24) is 10.2 Å². The number of carbonyl (C=O) groups is 1. The summed E-state index contributed by atoms with van der Waals surface area (Å²) in [7, 11) is 3.49. The van der Waals surface area contributed by atoms with Gasteiger partial charge in [0.2, 0.25) is 0 Å². The first-order valence-electron chi connectivity index (χ1n) is 11.4. The summed E-state index contributed by atoms with van der Waals surface area (Å²) in [5.74, 6) is 0.837. The zero-order valence-electron chi connectivity index (χ0n) is 20.6. The molecule has 2 amide bonds. The Morgan fingerprint density at radius 2 is 1.65 bits per heavy atom. The van der Waals surface area contributed by atoms with Crippen LogP contribution in [-0.2, 0) is 23.6 Å². The average Bonchev–Trinajstić information content (AvgIpc) is 2.83. The first-order chi connectivity index (χ1) is 17.3. The molecule has 6 nitrogen and oxygen atoms in total. The van der Waals surface area contributed by atoms with Crippen molar-refractivity contribution in [1.29, 1.82) is 0 Å². The summed E-state index contributed by atoms with van der Waals surface area (Å²) in [5.41, 5.74) is -0.639. The summed E-state index contributed by atoms with van der Waals surface area (Å²) in [4.78, 5) is 23.2. The number of aryl methyl sites for hydroxylation is 1. The van der Waals surface area contributed by atoms with Gasteiger partial charge in [0.05, 0.1) is 24.3 Å². The van der Waals surface area contributed by atoms with Crippen LogP contribution in [0.4, 0.5) is 31.1 Å². The Labute approximate surface area is 211 Å². The van der Waals surface area contributed by atoms with Crippen LogP contribution in [0, 0.1) is 17.7 Å². The summed E-state index contributed by atoms with van der Waals surface area (Å²) < 4.78 is 79.6. The normalized spacial score (nSPS) is 17.9. The van der Waals surface area contributed by atoms with Gasteiger partial charge in [0.1, 0.15) is 6.54 Å². The van der Waals surface area contributed by atoms with Crippen LogP contribution in [0.15, 0.2) is 47.6 Å². The van der Waals surface area contributed by atoms with Crippen LogP contribution in [0.1, 0.15) is 40.2 Å². The molecule has 1 N–H and O–H groups in total. The van der Waals surface area contributed by atoms with Gasteiger partial charge in [-0.15, -0.1) is 0 Å². The number of carbonyl (C=O) groups excluding carboxylic acids is 1. The van der Waals surface area contributed by atoms with Gasteiger partial charge in [0.25, 0.3) is 0 Å². The van der Waals surface area contributed by atoms with Crippen molar-refractivity contribution in [3.05, 3.63) is 75.2 Å². The van der Waals surface area contributed by atoms with Gasteiger partial charge >= 0.3 is 18.4 Å². The molecule has 1 saturated heterocycles. The van der Waals surface area contributed by atoms with Crippen molar-refractivity contribution in [2.75, 3.05) is 33.9 Å². The maximum absolute atomic E-state index is 12.3. The van der Waals surface area contributed by atoms with E-state index in [-0.39, 0.29) is 12.1 Å². The third-order valence-electron chi connectivity index (χ3n) is 5.91. The lowest BCUT2D eigenvalue weighted by atomic mass is 9.85. The quantitative estimate of drug-likeness (QED) is 0.358. The minimum Gasteiger partial charge on any atom is -0.380 e. The molecule has 1 aliphatic rings. The minimum absolute atomic E-state index is 0.00565. The second-order valence-corrected chi connectivity index (χ2v) is 8.83. The number of nitrogens with one attached hydrogen (secondary N) is 1. The molecular weight excluding hydrogens is 504 g/mol. The Hall–Kier alpha value is -3.15. The first-order valence-corrected chi connectivity index (χ1v) is 11.4. The number of hydrogen-bond donors (Lipinski definition) is 1. The number of alkyl halides is 6. The van der Waals surface area contributed by atoms with E-state index < -0.39 is 35.6 Å². The van der Waals surface area contributed by atoms with E-state index in [4.69, 9.17) is 4.74 Å². The fraction of sp³-hybridized carbons (Fsp3) is 0.480. The SMILES string of the molecule is CNC(=O)N(C)CC1COCC(c2ccccc2C)C1.O=NCc1cc(C(F)(F)F)cc(C(F)(F)F)c1. The molecule has 0 spiro atoms. The lowest BCUT2D eigenvalue weighted by Gasteiger charge is -2.32. The highest BCUT2D eigenvalue weighted by Gasteiger charge is 2.36. The molecule has 3 rings (SSSR count). The Morgan fingerprint density at radius 1 is 1.05 bits per heavy atom. The molecule has 37 heavy (non-hydrogen) atoms. The highest BCUT2D eigenvalue weighted by Crippen LogP contribution is 2.36. The Balaban J connectivity index is 0.000000264. The number of nitrogens with zero attached hydrogens (tertiary/aromatic N) is 2. The van der Waals surface area contributed by atoms with Gasteiger partial charge in [-0.3, -0.25) is 0 Å². The fourth-order valence-electron chi connectivity index (χ4n) is 4.15. The molecule has 12 heteroatoms. The van der Waals surface area contributed by atoms with E-state index in [2.05, 4.69) is 41.7 Å². The van der Waals surface area contributed by atoms with Crippen LogP contribution in [0.2, 0.25) is 0 Å². The van der Waals surface area contributed by atoms with Crippen molar-refractivity contribution in [3.63, 3.8) is 0 Å². The molecular formula is C25H29F6N3O3. The highest BCUT2D eigenvalue weighted by atomic mass is 19.4. The van der Waals surface area contributed by atoms with E-state index in [1.807, 2.05) is 7.05 Å². The van der Waals surface area contributed by atoms with Crippen LogP contribution < -0.4 is 5.32 Å². The first kappa shape index (κ1) is 30.1. The Morgan fingerprint density at radius 3 is 2.16 bits per heavy atom. The summed E-state index contributed by atoms with van der Waals surface area (Å²) >= 11 is 0. The van der Waals surface area contributed by atoms with Gasteiger partial charge in [-0.1, -0.05) is 29.4 Å². The largest absolute Gasteiger partial charge is 0.416 e. The fourth-order valence-corrected chi connectivity index (χ4v) is 4.15. The number of benzene rings is 2. The third-order valence-corrected chi connectivity index (χ3v) is 5.91. The third kappa shape index (κ3) is 9.03. The summed E-state index contributed by atoms with van der Waals surface area (Å²) in [5, 5.41) is 4.92.